The Morgan fingerprint density at radius 3 is 2.23 bits per heavy atom. The number of carbonyl (C=O) groups excluding carboxylic acids is 2. The van der Waals surface area contributed by atoms with E-state index in [2.05, 4.69) is 29.6 Å². The third kappa shape index (κ3) is 4.40. The lowest BCUT2D eigenvalue weighted by Crippen LogP contribution is -2.49. The van der Waals surface area contributed by atoms with Gasteiger partial charge in [0, 0.05) is 19.0 Å². The number of benzene rings is 2. The smallest absolute Gasteiger partial charge is 0.407 e. The van der Waals surface area contributed by atoms with Gasteiger partial charge in [-0.3, -0.25) is 9.59 Å². The number of fused-ring (bicyclic) bond motifs is 3. The van der Waals surface area contributed by atoms with Crippen LogP contribution in [0.3, 0.4) is 0 Å². The second kappa shape index (κ2) is 9.02. The van der Waals surface area contributed by atoms with E-state index < -0.39 is 23.5 Å². The van der Waals surface area contributed by atoms with Crippen LogP contribution in [0.4, 0.5) is 4.79 Å². The fourth-order valence-electron chi connectivity index (χ4n) is 5.51. The van der Waals surface area contributed by atoms with Gasteiger partial charge in [0.2, 0.25) is 5.91 Å². The lowest BCUT2D eigenvalue weighted by atomic mass is 9.81. The second-order valence-corrected chi connectivity index (χ2v) is 10.5. The highest BCUT2D eigenvalue weighted by molar-refractivity contribution is 5.87. The quantitative estimate of drug-likeness (QED) is 0.622. The van der Waals surface area contributed by atoms with E-state index in [1.165, 1.54) is 0 Å². The summed E-state index contributed by atoms with van der Waals surface area (Å²) in [6, 6.07) is 15.6. The van der Waals surface area contributed by atoms with Crippen molar-refractivity contribution in [2.75, 3.05) is 19.7 Å². The number of amides is 2. The Morgan fingerprint density at radius 1 is 1.09 bits per heavy atom. The summed E-state index contributed by atoms with van der Waals surface area (Å²) in [5.74, 6) is -0.934. The van der Waals surface area contributed by atoms with Gasteiger partial charge in [0.25, 0.3) is 0 Å². The molecule has 2 aromatic carbocycles. The van der Waals surface area contributed by atoms with Crippen molar-refractivity contribution in [1.82, 2.24) is 10.2 Å². The van der Waals surface area contributed by atoms with Crippen molar-refractivity contribution in [3.05, 3.63) is 59.7 Å². The topological polar surface area (TPSA) is 95.9 Å². The van der Waals surface area contributed by atoms with Gasteiger partial charge in [-0.05, 0) is 47.4 Å². The summed E-state index contributed by atoms with van der Waals surface area (Å²) in [6.07, 6.45) is 2.02. The highest BCUT2D eigenvalue weighted by Crippen LogP contribution is 2.44. The Hall–Kier alpha value is -3.35. The van der Waals surface area contributed by atoms with Gasteiger partial charge in [-0.2, -0.15) is 0 Å². The molecule has 2 fully saturated rings. The molecule has 7 nitrogen and oxygen atoms in total. The zero-order valence-corrected chi connectivity index (χ0v) is 20.2. The average molecular weight is 477 g/mol. The van der Waals surface area contributed by atoms with Crippen LogP contribution in [0.2, 0.25) is 0 Å². The fourth-order valence-corrected chi connectivity index (χ4v) is 5.51. The van der Waals surface area contributed by atoms with Crippen molar-refractivity contribution in [2.45, 2.75) is 45.1 Å². The SMILES string of the molecule is C[C@@H]1CN(C(=O)[C@H](CC2CC2)NC(=O)OCC2c3ccccc3-c3ccccc32)C[C@@]1(C)C(=O)O. The molecule has 3 atom stereocenters. The number of hydrogen-bond donors (Lipinski definition) is 2. The molecule has 7 heteroatoms. The van der Waals surface area contributed by atoms with Crippen molar-refractivity contribution in [3.8, 4) is 11.1 Å². The van der Waals surface area contributed by atoms with Gasteiger partial charge in [0.05, 0.1) is 5.41 Å². The standard InChI is InChI=1S/C28H32N2O5/c1-17-14-30(16-28(17,2)26(32)33)25(31)24(13-18-11-12-18)29-27(34)35-15-23-21-9-5-3-7-19(21)20-8-4-6-10-22(20)23/h3-10,17-18,23-24H,11-16H2,1-2H3,(H,29,34)(H,32,33)/t17-,24+,28-/m1/s1. The van der Waals surface area contributed by atoms with Crippen LogP contribution in [0.1, 0.15) is 50.2 Å². The summed E-state index contributed by atoms with van der Waals surface area (Å²) in [5.41, 5.74) is 3.59. The summed E-state index contributed by atoms with van der Waals surface area (Å²) >= 11 is 0. The number of alkyl carbamates (subject to hydrolysis) is 1. The maximum absolute atomic E-state index is 13.4. The number of nitrogens with one attached hydrogen (secondary N) is 1. The maximum atomic E-state index is 13.4. The molecule has 35 heavy (non-hydrogen) atoms. The van der Waals surface area contributed by atoms with Gasteiger partial charge < -0.3 is 20.1 Å². The van der Waals surface area contributed by atoms with E-state index in [1.54, 1.807) is 11.8 Å². The fraction of sp³-hybridized carbons (Fsp3) is 0.464. The van der Waals surface area contributed by atoms with Crippen LogP contribution < -0.4 is 5.32 Å². The molecule has 1 saturated heterocycles. The third-order valence-electron chi connectivity index (χ3n) is 8.10. The summed E-state index contributed by atoms with van der Waals surface area (Å²) < 4.78 is 5.67. The van der Waals surface area contributed by atoms with Crippen LogP contribution in [0, 0.1) is 17.3 Å². The molecule has 0 bridgehead atoms. The molecular weight excluding hydrogens is 444 g/mol. The molecule has 2 amide bonds. The zero-order chi connectivity index (χ0) is 24.7. The van der Waals surface area contributed by atoms with Gasteiger partial charge >= 0.3 is 12.1 Å². The normalized spacial score (nSPS) is 23.9. The summed E-state index contributed by atoms with van der Waals surface area (Å²) in [6.45, 7) is 4.24. The Labute approximate surface area is 205 Å². The summed E-state index contributed by atoms with van der Waals surface area (Å²) in [4.78, 5) is 39.6. The number of hydrogen-bond acceptors (Lipinski definition) is 4. The molecule has 1 saturated carbocycles. The van der Waals surface area contributed by atoms with Crippen LogP contribution >= 0.6 is 0 Å². The van der Waals surface area contributed by atoms with E-state index in [1.807, 2.05) is 31.2 Å². The number of ether oxygens (including phenoxy) is 1. The highest BCUT2D eigenvalue weighted by Gasteiger charge is 2.49. The number of nitrogens with zero attached hydrogens (tertiary/aromatic N) is 1. The lowest BCUT2D eigenvalue weighted by molar-refractivity contribution is -0.149. The Bertz CT molecular complexity index is 1110. The average Bonchev–Trinajstić information content (AvgIpc) is 3.53. The Morgan fingerprint density at radius 2 is 1.69 bits per heavy atom. The van der Waals surface area contributed by atoms with Crippen LogP contribution in [0.25, 0.3) is 11.1 Å². The first-order chi connectivity index (χ1) is 16.8. The minimum Gasteiger partial charge on any atom is -0.481 e. The molecule has 5 rings (SSSR count). The Kier molecular flexibility index (Phi) is 6.03. The minimum absolute atomic E-state index is 0.0542. The molecule has 2 N–H and O–H groups in total. The van der Waals surface area contributed by atoms with Gasteiger partial charge in [0.15, 0.2) is 0 Å². The van der Waals surface area contributed by atoms with Gasteiger partial charge in [-0.25, -0.2) is 4.79 Å². The molecular formula is C28H32N2O5. The third-order valence-corrected chi connectivity index (χ3v) is 8.10. The minimum atomic E-state index is -0.983. The zero-order valence-electron chi connectivity index (χ0n) is 20.2. The van der Waals surface area contributed by atoms with Gasteiger partial charge in [0.1, 0.15) is 12.6 Å². The van der Waals surface area contributed by atoms with Crippen molar-refractivity contribution in [2.24, 2.45) is 17.3 Å². The van der Waals surface area contributed by atoms with Gasteiger partial charge in [-0.15, -0.1) is 0 Å². The monoisotopic (exact) mass is 476 g/mol. The molecule has 1 heterocycles. The second-order valence-electron chi connectivity index (χ2n) is 10.5. The largest absolute Gasteiger partial charge is 0.481 e. The predicted molar refractivity (Wildman–Crippen MR) is 131 cm³/mol. The summed E-state index contributed by atoms with van der Waals surface area (Å²) in [7, 11) is 0. The van der Waals surface area contributed by atoms with Crippen LogP contribution in [-0.4, -0.2) is 53.7 Å². The first-order valence-corrected chi connectivity index (χ1v) is 12.4. The first-order valence-electron chi connectivity index (χ1n) is 12.4. The molecule has 0 spiro atoms. The van der Waals surface area contributed by atoms with E-state index in [9.17, 15) is 19.5 Å². The first kappa shape index (κ1) is 23.4. The van der Waals surface area contributed by atoms with E-state index in [0.29, 0.717) is 18.9 Å². The van der Waals surface area contributed by atoms with E-state index in [0.717, 1.165) is 35.1 Å². The van der Waals surface area contributed by atoms with Crippen molar-refractivity contribution in [1.29, 1.82) is 0 Å². The van der Waals surface area contributed by atoms with Crippen molar-refractivity contribution >= 4 is 18.0 Å². The lowest BCUT2D eigenvalue weighted by Gasteiger charge is -2.26. The number of carbonyl (C=O) groups is 3. The molecule has 3 aliphatic rings. The number of carboxylic acid groups (broad SMARTS) is 1. The van der Waals surface area contributed by atoms with Crippen molar-refractivity contribution < 1.29 is 24.2 Å². The van der Waals surface area contributed by atoms with Crippen LogP contribution in [-0.2, 0) is 14.3 Å². The highest BCUT2D eigenvalue weighted by atomic mass is 16.5. The number of aliphatic carboxylic acids is 1. The molecule has 0 radical (unpaired) electrons. The molecule has 2 aliphatic carbocycles. The number of carboxylic acids is 1. The van der Waals surface area contributed by atoms with E-state index in [-0.39, 0.29) is 30.9 Å². The molecule has 0 unspecified atom stereocenters. The Balaban J connectivity index is 1.26. The molecule has 184 valence electrons. The van der Waals surface area contributed by atoms with Gasteiger partial charge in [-0.1, -0.05) is 68.3 Å². The molecule has 0 aromatic heterocycles. The number of rotatable bonds is 7. The predicted octanol–water partition coefficient (Wildman–Crippen LogP) is 4.26. The van der Waals surface area contributed by atoms with E-state index >= 15 is 0 Å². The number of likely N-dealkylation sites (tertiary alicyclic amines) is 1. The maximum Gasteiger partial charge on any atom is 0.407 e. The van der Waals surface area contributed by atoms with Crippen LogP contribution in [0.15, 0.2) is 48.5 Å². The van der Waals surface area contributed by atoms with Crippen molar-refractivity contribution in [3.63, 3.8) is 0 Å². The molecule has 1 aliphatic heterocycles. The molecule has 2 aromatic rings. The summed E-state index contributed by atoms with van der Waals surface area (Å²) in [5, 5.41) is 12.5. The van der Waals surface area contributed by atoms with Crippen LogP contribution in [0.5, 0.6) is 0 Å². The van der Waals surface area contributed by atoms with E-state index in [4.69, 9.17) is 4.74 Å².